The number of carbonyl (C=O) groups is 1. The molecule has 1 heterocycles. The number of rotatable bonds is 2. The number of fused-ring (bicyclic) bond motifs is 2. The number of hydrogen-bond acceptors (Lipinski definition) is 5. The van der Waals surface area contributed by atoms with Gasteiger partial charge in [-0.05, 0) is 12.3 Å². The Kier molecular flexibility index (Phi) is 2.77. The van der Waals surface area contributed by atoms with E-state index in [1.54, 1.807) is 0 Å². The zero-order valence-corrected chi connectivity index (χ0v) is 10.6. The molecule has 3 atom stereocenters. The second-order valence-electron chi connectivity index (χ2n) is 5.40. The average molecular weight is 258 g/mol. The molecular weight excluding hydrogens is 244 g/mol. The number of aliphatic hydroxyl groups is 1. The second-order valence-corrected chi connectivity index (χ2v) is 5.40. The Morgan fingerprint density at radius 3 is 2.47 bits per heavy atom. The molecule has 2 fully saturated rings. The van der Waals surface area contributed by atoms with Crippen LogP contribution in [0, 0.1) is 50.7 Å². The van der Waals surface area contributed by atoms with Gasteiger partial charge >= 0.3 is 0 Å². The molecule has 6 nitrogen and oxygen atoms in total. The predicted molar refractivity (Wildman–Crippen MR) is 62.4 cm³/mol. The summed E-state index contributed by atoms with van der Waals surface area (Å²) in [5, 5.41) is 41.1. The highest BCUT2D eigenvalue weighted by Gasteiger charge is 2.73. The number of nitrogens with one attached hydrogen (secondary N) is 1. The van der Waals surface area contributed by atoms with Crippen molar-refractivity contribution in [3.63, 3.8) is 0 Å². The van der Waals surface area contributed by atoms with Gasteiger partial charge in [-0.3, -0.25) is 4.79 Å². The average Bonchev–Trinajstić information content (AvgIpc) is 2.60. The minimum Gasteiger partial charge on any atom is -0.371 e. The van der Waals surface area contributed by atoms with Crippen LogP contribution >= 0.6 is 0 Å². The van der Waals surface area contributed by atoms with Gasteiger partial charge in [-0.25, -0.2) is 0 Å². The number of amides is 1. The van der Waals surface area contributed by atoms with Crippen LogP contribution in [0.3, 0.4) is 0 Å². The van der Waals surface area contributed by atoms with Crippen molar-refractivity contribution in [3.05, 3.63) is 0 Å². The molecule has 1 saturated carbocycles. The lowest BCUT2D eigenvalue weighted by Crippen LogP contribution is -2.53. The molecule has 0 aromatic rings. The standard InChI is InChI=1S/C13H14N4O2/c1-2-3-9-4-13(19)5-11(6-14,10(18)17-13)12(9,7-15)8-16/h9,19H,2-5H2,1H3,(H,17,18)/t9-,11+,13-/m1/s1. The smallest absolute Gasteiger partial charge is 0.245 e. The fourth-order valence-electron chi connectivity index (χ4n) is 3.48. The van der Waals surface area contributed by atoms with Crippen molar-refractivity contribution in [3.8, 4) is 18.2 Å². The van der Waals surface area contributed by atoms with Crippen molar-refractivity contribution >= 4 is 5.91 Å². The number of hydrogen-bond donors (Lipinski definition) is 2. The Hall–Kier alpha value is -2.10. The molecule has 2 bridgehead atoms. The first-order chi connectivity index (χ1) is 8.93. The van der Waals surface area contributed by atoms with E-state index >= 15 is 0 Å². The van der Waals surface area contributed by atoms with Crippen molar-refractivity contribution in [2.45, 2.75) is 38.3 Å². The molecule has 98 valence electrons. The summed E-state index contributed by atoms with van der Waals surface area (Å²) < 4.78 is 0. The van der Waals surface area contributed by atoms with Crippen LogP contribution in [0.15, 0.2) is 0 Å². The van der Waals surface area contributed by atoms with E-state index in [4.69, 9.17) is 0 Å². The van der Waals surface area contributed by atoms with Gasteiger partial charge in [0, 0.05) is 12.8 Å². The van der Waals surface area contributed by atoms with Gasteiger partial charge in [0.2, 0.25) is 5.91 Å². The van der Waals surface area contributed by atoms with Crippen LogP contribution in [-0.2, 0) is 4.79 Å². The zero-order chi connectivity index (χ0) is 14.3. The van der Waals surface area contributed by atoms with Crippen molar-refractivity contribution < 1.29 is 9.90 Å². The number of nitriles is 3. The largest absolute Gasteiger partial charge is 0.371 e. The molecule has 0 aromatic carbocycles. The van der Waals surface area contributed by atoms with Gasteiger partial charge in [-0.1, -0.05) is 13.3 Å². The topological polar surface area (TPSA) is 121 Å². The molecule has 2 aliphatic rings. The molecule has 0 unspecified atom stereocenters. The Labute approximate surface area is 111 Å². The second kappa shape index (κ2) is 3.95. The lowest BCUT2D eigenvalue weighted by Gasteiger charge is -2.43. The summed E-state index contributed by atoms with van der Waals surface area (Å²) in [6.07, 6.45) is 1.16. The van der Waals surface area contributed by atoms with Gasteiger partial charge in [0.25, 0.3) is 0 Å². The van der Waals surface area contributed by atoms with Gasteiger partial charge < -0.3 is 10.4 Å². The first kappa shape index (κ1) is 13.3. The van der Waals surface area contributed by atoms with E-state index in [1.165, 1.54) is 0 Å². The fourth-order valence-corrected chi connectivity index (χ4v) is 3.48. The molecule has 1 saturated heterocycles. The molecule has 0 radical (unpaired) electrons. The molecule has 1 aliphatic carbocycles. The van der Waals surface area contributed by atoms with Crippen LogP contribution in [0.1, 0.15) is 32.6 Å². The fraction of sp³-hybridized carbons (Fsp3) is 0.692. The van der Waals surface area contributed by atoms with Crippen molar-refractivity contribution in [2.24, 2.45) is 16.7 Å². The predicted octanol–water partition coefficient (Wildman–Crippen LogP) is 0.558. The maximum atomic E-state index is 12.1. The minimum atomic E-state index is -1.77. The summed E-state index contributed by atoms with van der Waals surface area (Å²) >= 11 is 0. The summed E-state index contributed by atoms with van der Waals surface area (Å²) in [6, 6.07) is 5.67. The van der Waals surface area contributed by atoms with E-state index < -0.39 is 28.4 Å². The van der Waals surface area contributed by atoms with Crippen LogP contribution in [0.5, 0.6) is 0 Å². The summed E-state index contributed by atoms with van der Waals surface area (Å²) in [7, 11) is 0. The van der Waals surface area contributed by atoms with Crippen molar-refractivity contribution in [2.75, 3.05) is 0 Å². The lowest BCUT2D eigenvalue weighted by atomic mass is 9.52. The Morgan fingerprint density at radius 2 is 2.00 bits per heavy atom. The van der Waals surface area contributed by atoms with Crippen LogP contribution in [0.25, 0.3) is 0 Å². The maximum absolute atomic E-state index is 12.1. The molecule has 1 aliphatic heterocycles. The van der Waals surface area contributed by atoms with Crippen LogP contribution < -0.4 is 5.32 Å². The zero-order valence-electron chi connectivity index (χ0n) is 10.6. The third-order valence-electron chi connectivity index (χ3n) is 4.34. The molecule has 19 heavy (non-hydrogen) atoms. The maximum Gasteiger partial charge on any atom is 0.245 e. The highest BCUT2D eigenvalue weighted by Crippen LogP contribution is 2.60. The molecule has 2 N–H and O–H groups in total. The van der Waals surface area contributed by atoms with E-state index in [0.29, 0.717) is 12.8 Å². The van der Waals surface area contributed by atoms with E-state index in [2.05, 4.69) is 5.32 Å². The van der Waals surface area contributed by atoms with Gasteiger partial charge in [0.15, 0.2) is 10.8 Å². The SMILES string of the molecule is CCC[C@@H]1C[C@@]2(O)C[C@](C#N)(C(=O)N2)C1(C#N)C#N. The molecule has 0 spiro atoms. The van der Waals surface area contributed by atoms with Gasteiger partial charge in [-0.2, -0.15) is 15.8 Å². The van der Waals surface area contributed by atoms with Crippen molar-refractivity contribution in [1.82, 2.24) is 5.32 Å². The normalized spacial score (nSPS) is 38.7. The van der Waals surface area contributed by atoms with Crippen LogP contribution in [-0.4, -0.2) is 16.7 Å². The number of carbonyl (C=O) groups excluding carboxylic acids is 1. The van der Waals surface area contributed by atoms with E-state index in [9.17, 15) is 25.7 Å². The molecule has 1 amide bonds. The third-order valence-corrected chi connectivity index (χ3v) is 4.34. The number of nitrogens with zero attached hydrogens (tertiary/aromatic N) is 3. The van der Waals surface area contributed by atoms with E-state index in [-0.39, 0.29) is 12.8 Å². The molecule has 6 heteroatoms. The quantitative estimate of drug-likeness (QED) is 0.749. The van der Waals surface area contributed by atoms with Gasteiger partial charge in [0.05, 0.1) is 18.2 Å². The highest BCUT2D eigenvalue weighted by molar-refractivity contribution is 5.91. The Morgan fingerprint density at radius 1 is 1.37 bits per heavy atom. The Balaban J connectivity index is 2.66. The molecular formula is C13H14N4O2. The molecule has 0 aromatic heterocycles. The lowest BCUT2D eigenvalue weighted by molar-refractivity contribution is -0.128. The summed E-state index contributed by atoms with van der Waals surface area (Å²) in [5.74, 6) is -1.20. The summed E-state index contributed by atoms with van der Waals surface area (Å²) in [5.41, 5.74) is -4.93. The first-order valence-corrected chi connectivity index (χ1v) is 6.22. The van der Waals surface area contributed by atoms with Crippen molar-refractivity contribution in [1.29, 1.82) is 15.8 Å². The van der Waals surface area contributed by atoms with E-state index in [1.807, 2.05) is 25.1 Å². The minimum absolute atomic E-state index is 0.136. The Bertz CT molecular complexity index is 538. The first-order valence-electron chi connectivity index (χ1n) is 6.22. The van der Waals surface area contributed by atoms with Gasteiger partial charge in [0.1, 0.15) is 5.72 Å². The summed E-state index contributed by atoms with van der Waals surface area (Å²) in [6.45, 7) is 1.90. The van der Waals surface area contributed by atoms with Gasteiger partial charge in [-0.15, -0.1) is 0 Å². The van der Waals surface area contributed by atoms with Crippen LogP contribution in [0.2, 0.25) is 0 Å². The summed E-state index contributed by atoms with van der Waals surface area (Å²) in [4.78, 5) is 12.1. The third kappa shape index (κ3) is 1.40. The van der Waals surface area contributed by atoms with Crippen LogP contribution in [0.4, 0.5) is 0 Å². The van der Waals surface area contributed by atoms with E-state index in [0.717, 1.165) is 0 Å². The highest BCUT2D eigenvalue weighted by atomic mass is 16.3. The molecule has 2 rings (SSSR count). The monoisotopic (exact) mass is 258 g/mol.